The first-order chi connectivity index (χ1) is 8.46. The van der Waals surface area contributed by atoms with Crippen LogP contribution in [-0.2, 0) is 14.6 Å². The number of carbonyl (C=O) groups excluding carboxylic acids is 1. The van der Waals surface area contributed by atoms with Gasteiger partial charge in [0.2, 0.25) is 5.91 Å². The van der Waals surface area contributed by atoms with E-state index in [9.17, 15) is 13.2 Å². The van der Waals surface area contributed by atoms with Gasteiger partial charge in [-0.1, -0.05) is 0 Å². The fourth-order valence-electron chi connectivity index (χ4n) is 2.76. The van der Waals surface area contributed by atoms with Crippen molar-refractivity contribution in [3.63, 3.8) is 0 Å². The van der Waals surface area contributed by atoms with E-state index in [0.29, 0.717) is 18.4 Å². The molecule has 1 amide bonds. The molecule has 2 unspecified atom stereocenters. The Labute approximate surface area is 108 Å². The Morgan fingerprint density at radius 3 is 2.39 bits per heavy atom. The first kappa shape index (κ1) is 13.8. The molecule has 0 radical (unpaired) electrons. The second-order valence-electron chi connectivity index (χ2n) is 5.31. The quantitative estimate of drug-likeness (QED) is 0.611. The Balaban J connectivity index is 1.73. The van der Waals surface area contributed by atoms with Crippen molar-refractivity contribution >= 4 is 15.7 Å². The molecule has 0 aromatic rings. The molecule has 2 fully saturated rings. The van der Waals surface area contributed by atoms with Crippen molar-refractivity contribution in [2.45, 2.75) is 6.42 Å². The lowest BCUT2D eigenvalue weighted by Gasteiger charge is -2.16. The van der Waals surface area contributed by atoms with Crippen molar-refractivity contribution < 1.29 is 13.2 Å². The van der Waals surface area contributed by atoms with Gasteiger partial charge in [-0.3, -0.25) is 4.79 Å². The van der Waals surface area contributed by atoms with Gasteiger partial charge in [0.1, 0.15) is 0 Å². The number of fused-ring (bicyclic) bond motifs is 1. The third kappa shape index (κ3) is 3.66. The van der Waals surface area contributed by atoms with Gasteiger partial charge in [-0.05, 0) is 24.9 Å². The van der Waals surface area contributed by atoms with Gasteiger partial charge >= 0.3 is 0 Å². The highest BCUT2D eigenvalue weighted by molar-refractivity contribution is 7.91. The molecule has 0 aromatic heterocycles. The molecule has 18 heavy (non-hydrogen) atoms. The topological polar surface area (TPSA) is 92.5 Å². The van der Waals surface area contributed by atoms with Crippen LogP contribution in [0.4, 0.5) is 0 Å². The third-order valence-corrected chi connectivity index (χ3v) is 5.47. The predicted octanol–water partition coefficient (Wildman–Crippen LogP) is -1.57. The first-order valence-electron chi connectivity index (χ1n) is 6.38. The summed E-state index contributed by atoms with van der Waals surface area (Å²) in [5, 5.41) is 3.35. The van der Waals surface area contributed by atoms with Gasteiger partial charge < -0.3 is 16.0 Å². The van der Waals surface area contributed by atoms with E-state index in [4.69, 9.17) is 5.73 Å². The summed E-state index contributed by atoms with van der Waals surface area (Å²) in [6, 6.07) is 0. The van der Waals surface area contributed by atoms with Gasteiger partial charge in [0.05, 0.1) is 11.5 Å². The highest BCUT2D eigenvalue weighted by atomic mass is 32.2. The zero-order valence-corrected chi connectivity index (χ0v) is 11.3. The molecule has 0 spiro atoms. The Kier molecular flexibility index (Phi) is 4.24. The van der Waals surface area contributed by atoms with Gasteiger partial charge in [-0.25, -0.2) is 8.42 Å². The minimum absolute atomic E-state index is 0.0719. The minimum Gasteiger partial charge on any atom is -0.370 e. The minimum atomic E-state index is -3.15. The van der Waals surface area contributed by atoms with Gasteiger partial charge in [-0.15, -0.1) is 0 Å². The molecule has 7 heteroatoms. The second kappa shape index (κ2) is 5.54. The second-order valence-corrected chi connectivity index (χ2v) is 7.61. The van der Waals surface area contributed by atoms with Gasteiger partial charge in [-0.2, -0.15) is 0 Å². The maximum atomic E-state index is 11.7. The number of nitrogens with one attached hydrogen (secondary N) is 1. The maximum Gasteiger partial charge on any atom is 0.218 e. The van der Waals surface area contributed by atoms with Gasteiger partial charge in [0, 0.05) is 26.1 Å². The SMILES string of the molecule is NC(=O)CCS(=O)(=O)CCN1CC2CNCC2C1. The summed E-state index contributed by atoms with van der Waals surface area (Å²) in [5.41, 5.74) is 4.96. The molecular formula is C11H21N3O3S. The Morgan fingerprint density at radius 2 is 1.83 bits per heavy atom. The van der Waals surface area contributed by atoms with E-state index < -0.39 is 15.7 Å². The monoisotopic (exact) mass is 275 g/mol. The van der Waals surface area contributed by atoms with E-state index in [2.05, 4.69) is 10.2 Å². The first-order valence-corrected chi connectivity index (χ1v) is 8.20. The number of nitrogens with two attached hydrogens (primary N) is 1. The molecule has 104 valence electrons. The number of likely N-dealkylation sites (tertiary alicyclic amines) is 1. The van der Waals surface area contributed by atoms with Gasteiger partial charge in [0.15, 0.2) is 9.84 Å². The zero-order valence-electron chi connectivity index (χ0n) is 10.5. The lowest BCUT2D eigenvalue weighted by Crippen LogP contribution is -2.31. The Morgan fingerprint density at radius 1 is 1.22 bits per heavy atom. The molecule has 6 nitrogen and oxygen atoms in total. The molecule has 2 aliphatic heterocycles. The normalized spacial score (nSPS) is 28.4. The van der Waals surface area contributed by atoms with Crippen molar-refractivity contribution in [3.05, 3.63) is 0 Å². The number of nitrogens with zero attached hydrogens (tertiary/aromatic N) is 1. The predicted molar refractivity (Wildman–Crippen MR) is 68.8 cm³/mol. The van der Waals surface area contributed by atoms with Crippen LogP contribution >= 0.6 is 0 Å². The van der Waals surface area contributed by atoms with E-state index in [0.717, 1.165) is 26.2 Å². The summed E-state index contributed by atoms with van der Waals surface area (Å²) in [7, 11) is -3.15. The van der Waals surface area contributed by atoms with Crippen LogP contribution in [0.2, 0.25) is 0 Å². The molecule has 2 aliphatic rings. The van der Waals surface area contributed by atoms with Crippen molar-refractivity contribution in [1.29, 1.82) is 0 Å². The lowest BCUT2D eigenvalue weighted by atomic mass is 10.0. The van der Waals surface area contributed by atoms with Crippen LogP contribution in [0, 0.1) is 11.8 Å². The Bertz CT molecular complexity index is 398. The van der Waals surface area contributed by atoms with Crippen molar-refractivity contribution in [2.75, 3.05) is 44.2 Å². The lowest BCUT2D eigenvalue weighted by molar-refractivity contribution is -0.117. The molecule has 2 atom stereocenters. The Hall–Kier alpha value is -0.660. The van der Waals surface area contributed by atoms with Crippen LogP contribution in [0.1, 0.15) is 6.42 Å². The number of amides is 1. The van der Waals surface area contributed by atoms with Crippen molar-refractivity contribution in [1.82, 2.24) is 10.2 Å². The molecule has 0 aliphatic carbocycles. The van der Waals surface area contributed by atoms with Crippen LogP contribution in [0.15, 0.2) is 0 Å². The van der Waals surface area contributed by atoms with Crippen LogP contribution in [0.3, 0.4) is 0 Å². The number of hydrogen-bond acceptors (Lipinski definition) is 5. The summed E-state index contributed by atoms with van der Waals surface area (Å²) in [5.74, 6) is 0.814. The molecule has 3 N–H and O–H groups in total. The van der Waals surface area contributed by atoms with Gasteiger partial charge in [0.25, 0.3) is 0 Å². The number of rotatable bonds is 6. The average molecular weight is 275 g/mol. The summed E-state index contributed by atoms with van der Waals surface area (Å²) in [6.07, 6.45) is -0.0719. The van der Waals surface area contributed by atoms with Crippen LogP contribution in [-0.4, -0.2) is 63.5 Å². The van der Waals surface area contributed by atoms with E-state index in [1.165, 1.54) is 0 Å². The molecule has 0 saturated carbocycles. The van der Waals surface area contributed by atoms with E-state index in [-0.39, 0.29) is 17.9 Å². The van der Waals surface area contributed by atoms with Crippen LogP contribution < -0.4 is 11.1 Å². The highest BCUT2D eigenvalue weighted by Crippen LogP contribution is 2.25. The van der Waals surface area contributed by atoms with E-state index in [1.54, 1.807) is 0 Å². The highest BCUT2D eigenvalue weighted by Gasteiger charge is 2.36. The fourth-order valence-corrected chi connectivity index (χ4v) is 4.01. The van der Waals surface area contributed by atoms with Crippen LogP contribution in [0.5, 0.6) is 0 Å². The number of sulfone groups is 1. The number of hydrogen-bond donors (Lipinski definition) is 2. The van der Waals surface area contributed by atoms with Crippen molar-refractivity contribution in [2.24, 2.45) is 17.6 Å². The smallest absolute Gasteiger partial charge is 0.218 e. The summed E-state index contributed by atoms with van der Waals surface area (Å²) < 4.78 is 23.4. The number of primary amides is 1. The standard InChI is InChI=1S/C11H21N3O3S/c12-11(15)1-3-18(16,17)4-2-14-7-9-5-13-6-10(9)8-14/h9-10,13H,1-8H2,(H2,12,15). The average Bonchev–Trinajstić information content (AvgIpc) is 2.84. The van der Waals surface area contributed by atoms with E-state index in [1.807, 2.05) is 0 Å². The largest absolute Gasteiger partial charge is 0.370 e. The van der Waals surface area contributed by atoms with E-state index >= 15 is 0 Å². The maximum absolute atomic E-state index is 11.7. The summed E-state index contributed by atoms with van der Waals surface area (Å²) in [6.45, 7) is 4.66. The summed E-state index contributed by atoms with van der Waals surface area (Å²) >= 11 is 0. The molecule has 2 rings (SSSR count). The molecule has 0 bridgehead atoms. The number of carbonyl (C=O) groups is 1. The fraction of sp³-hybridized carbons (Fsp3) is 0.909. The third-order valence-electron chi connectivity index (χ3n) is 3.84. The zero-order chi connectivity index (χ0) is 13.2. The molecule has 0 aromatic carbocycles. The van der Waals surface area contributed by atoms with Crippen LogP contribution in [0.25, 0.3) is 0 Å². The van der Waals surface area contributed by atoms with Crippen molar-refractivity contribution in [3.8, 4) is 0 Å². The molecular weight excluding hydrogens is 254 g/mol. The molecule has 2 heterocycles. The molecule has 2 saturated heterocycles. The summed E-state index contributed by atoms with van der Waals surface area (Å²) in [4.78, 5) is 12.8.